The minimum Gasteiger partial charge on any atom is -0.444 e. The van der Waals surface area contributed by atoms with Crippen LogP contribution in [0.2, 0.25) is 0 Å². The molecule has 1 N–H and O–H groups in total. The standard InChI is InChI=1S/C25H28F3N7O3/c1-25(2,3)38-24(37)35(15-4-5-15)16-6-7-33(12-16)20-10-29-18(9-30-20)23(36)31-14-8-17(26)22-32-19(21(27)28)13-34(22)11-14/h8-11,13,15-16,21H,4-7,12H2,1-3H3,(H,31,36)/t16-/m1/s1. The van der Waals surface area contributed by atoms with Gasteiger partial charge in [0.1, 0.15) is 22.8 Å². The Kier molecular flexibility index (Phi) is 6.61. The maximum Gasteiger partial charge on any atom is 0.410 e. The van der Waals surface area contributed by atoms with Crippen LogP contribution < -0.4 is 10.2 Å². The predicted octanol–water partition coefficient (Wildman–Crippen LogP) is 4.43. The molecule has 0 spiro atoms. The van der Waals surface area contributed by atoms with Gasteiger partial charge in [0.25, 0.3) is 12.3 Å². The molecule has 2 amide bonds. The molecule has 1 atom stereocenters. The monoisotopic (exact) mass is 531 g/mol. The number of fused-ring (bicyclic) bond motifs is 1. The molecule has 1 aliphatic heterocycles. The first-order valence-corrected chi connectivity index (χ1v) is 12.3. The number of hydrogen-bond acceptors (Lipinski definition) is 7. The van der Waals surface area contributed by atoms with Crippen LogP contribution in [0.5, 0.6) is 0 Å². The lowest BCUT2D eigenvalue weighted by molar-refractivity contribution is 0.0158. The van der Waals surface area contributed by atoms with Gasteiger partial charge in [-0.2, -0.15) is 0 Å². The number of imidazole rings is 1. The number of nitrogens with zero attached hydrogens (tertiary/aromatic N) is 6. The van der Waals surface area contributed by atoms with Gasteiger partial charge in [0.05, 0.1) is 24.1 Å². The molecular weight excluding hydrogens is 503 g/mol. The fourth-order valence-electron chi connectivity index (χ4n) is 4.49. The molecule has 0 unspecified atom stereocenters. The van der Waals surface area contributed by atoms with Gasteiger partial charge in [-0.15, -0.1) is 0 Å². The zero-order chi connectivity index (χ0) is 27.2. The molecule has 0 aromatic carbocycles. The summed E-state index contributed by atoms with van der Waals surface area (Å²) in [5.41, 5.74) is -1.36. The minimum absolute atomic E-state index is 0.00253. The number of hydrogen-bond donors (Lipinski definition) is 1. The van der Waals surface area contributed by atoms with Crippen molar-refractivity contribution in [2.24, 2.45) is 0 Å². The number of ether oxygens (including phenoxy) is 1. The third kappa shape index (κ3) is 5.50. The van der Waals surface area contributed by atoms with Crippen molar-refractivity contribution in [1.82, 2.24) is 24.3 Å². The lowest BCUT2D eigenvalue weighted by Crippen LogP contribution is -2.46. The summed E-state index contributed by atoms with van der Waals surface area (Å²) in [6.07, 6.45) is 4.61. The molecule has 2 fully saturated rings. The van der Waals surface area contributed by atoms with Gasteiger partial charge in [-0.1, -0.05) is 0 Å². The Morgan fingerprint density at radius 3 is 2.53 bits per heavy atom. The summed E-state index contributed by atoms with van der Waals surface area (Å²) >= 11 is 0. The number of amides is 2. The van der Waals surface area contributed by atoms with E-state index in [1.54, 1.807) is 0 Å². The van der Waals surface area contributed by atoms with Gasteiger partial charge in [0.2, 0.25) is 0 Å². The van der Waals surface area contributed by atoms with Crippen LogP contribution in [0.25, 0.3) is 5.65 Å². The summed E-state index contributed by atoms with van der Waals surface area (Å²) in [4.78, 5) is 41.5. The van der Waals surface area contributed by atoms with E-state index in [9.17, 15) is 22.8 Å². The second kappa shape index (κ2) is 9.76. The molecule has 0 radical (unpaired) electrons. The molecule has 1 aliphatic carbocycles. The first-order chi connectivity index (χ1) is 18.0. The zero-order valence-electron chi connectivity index (χ0n) is 21.2. The molecule has 13 heteroatoms. The van der Waals surface area contributed by atoms with Crippen LogP contribution in [-0.4, -0.2) is 67.0 Å². The Bertz CT molecular complexity index is 1350. The highest BCUT2D eigenvalue weighted by atomic mass is 19.3. The largest absolute Gasteiger partial charge is 0.444 e. The Hall–Kier alpha value is -3.90. The maximum absolute atomic E-state index is 14.3. The summed E-state index contributed by atoms with van der Waals surface area (Å²) in [6, 6.07) is 1.18. The smallest absolute Gasteiger partial charge is 0.410 e. The highest BCUT2D eigenvalue weighted by Gasteiger charge is 2.42. The Labute approximate surface area is 216 Å². The molecule has 38 heavy (non-hydrogen) atoms. The SMILES string of the molecule is CC(C)(C)OC(=O)N(C1CC1)[C@@H]1CCN(c2cnc(C(=O)Nc3cc(F)c4nc(C(F)F)cn4c3)cn2)C1. The van der Waals surface area contributed by atoms with Crippen LogP contribution in [0.1, 0.15) is 62.6 Å². The molecule has 4 heterocycles. The van der Waals surface area contributed by atoms with Crippen LogP contribution in [-0.2, 0) is 4.74 Å². The molecule has 1 saturated carbocycles. The first kappa shape index (κ1) is 25.7. The van der Waals surface area contributed by atoms with E-state index in [1.165, 1.54) is 18.6 Å². The van der Waals surface area contributed by atoms with Crippen LogP contribution >= 0.6 is 0 Å². The number of pyridine rings is 1. The third-order valence-corrected chi connectivity index (χ3v) is 6.30. The topological polar surface area (TPSA) is 105 Å². The Balaban J connectivity index is 1.24. The van der Waals surface area contributed by atoms with Gasteiger partial charge in [-0.3, -0.25) is 4.79 Å². The number of nitrogens with one attached hydrogen (secondary N) is 1. The van der Waals surface area contributed by atoms with Gasteiger partial charge in [0, 0.05) is 37.6 Å². The molecule has 202 valence electrons. The number of halogens is 3. The van der Waals surface area contributed by atoms with Crippen molar-refractivity contribution < 1.29 is 27.5 Å². The van der Waals surface area contributed by atoms with Gasteiger partial charge in [0.15, 0.2) is 11.5 Å². The van der Waals surface area contributed by atoms with Crippen molar-refractivity contribution in [3.8, 4) is 0 Å². The van der Waals surface area contributed by atoms with E-state index in [0.717, 1.165) is 35.9 Å². The number of carbonyl (C=O) groups excluding carboxylic acids is 2. The van der Waals surface area contributed by atoms with E-state index in [2.05, 4.69) is 20.3 Å². The van der Waals surface area contributed by atoms with Gasteiger partial charge in [-0.05, 0) is 40.0 Å². The molecule has 5 rings (SSSR count). The fraction of sp³-hybridized carbons (Fsp3) is 0.480. The Morgan fingerprint density at radius 1 is 1.13 bits per heavy atom. The minimum atomic E-state index is -2.85. The van der Waals surface area contributed by atoms with E-state index >= 15 is 0 Å². The lowest BCUT2D eigenvalue weighted by atomic mass is 10.2. The van der Waals surface area contributed by atoms with Crippen LogP contribution in [0.3, 0.4) is 0 Å². The van der Waals surface area contributed by atoms with E-state index in [-0.39, 0.29) is 35.2 Å². The first-order valence-electron chi connectivity index (χ1n) is 12.3. The highest BCUT2D eigenvalue weighted by Crippen LogP contribution is 2.33. The van der Waals surface area contributed by atoms with E-state index < -0.39 is 29.4 Å². The number of rotatable bonds is 6. The van der Waals surface area contributed by atoms with Gasteiger partial charge >= 0.3 is 6.09 Å². The maximum atomic E-state index is 14.3. The summed E-state index contributed by atoms with van der Waals surface area (Å²) in [7, 11) is 0. The van der Waals surface area contributed by atoms with E-state index in [1.807, 2.05) is 30.6 Å². The second-order valence-corrected chi connectivity index (χ2v) is 10.5. The van der Waals surface area contributed by atoms with Crippen LogP contribution in [0.4, 0.5) is 29.5 Å². The van der Waals surface area contributed by atoms with Crippen molar-refractivity contribution in [2.75, 3.05) is 23.3 Å². The second-order valence-electron chi connectivity index (χ2n) is 10.5. The predicted molar refractivity (Wildman–Crippen MR) is 132 cm³/mol. The lowest BCUT2D eigenvalue weighted by Gasteiger charge is -2.31. The molecule has 3 aromatic rings. The zero-order valence-corrected chi connectivity index (χ0v) is 21.2. The average Bonchev–Trinajstić information content (AvgIpc) is 3.36. The van der Waals surface area contributed by atoms with Crippen LogP contribution in [0.15, 0.2) is 30.9 Å². The van der Waals surface area contributed by atoms with E-state index in [4.69, 9.17) is 4.74 Å². The Morgan fingerprint density at radius 2 is 1.89 bits per heavy atom. The van der Waals surface area contributed by atoms with Crippen molar-refractivity contribution in [2.45, 2.75) is 64.1 Å². The van der Waals surface area contributed by atoms with Gasteiger partial charge in [-0.25, -0.2) is 32.9 Å². The average molecular weight is 532 g/mol. The summed E-state index contributed by atoms with van der Waals surface area (Å²) < 4.78 is 46.8. The van der Waals surface area contributed by atoms with Crippen molar-refractivity contribution >= 4 is 29.2 Å². The normalized spacial score (nSPS) is 17.8. The van der Waals surface area contributed by atoms with Crippen molar-refractivity contribution in [1.29, 1.82) is 0 Å². The molecule has 0 bridgehead atoms. The summed E-state index contributed by atoms with van der Waals surface area (Å²) in [5, 5.41) is 2.50. The molecular formula is C25H28F3N7O3. The summed E-state index contributed by atoms with van der Waals surface area (Å²) in [6.45, 7) is 6.78. The number of aromatic nitrogens is 4. The van der Waals surface area contributed by atoms with E-state index in [0.29, 0.717) is 18.9 Å². The number of alkyl halides is 2. The highest BCUT2D eigenvalue weighted by molar-refractivity contribution is 6.02. The van der Waals surface area contributed by atoms with Crippen molar-refractivity contribution in [3.63, 3.8) is 0 Å². The molecule has 1 saturated heterocycles. The molecule has 3 aromatic heterocycles. The quantitative estimate of drug-likeness (QED) is 0.502. The number of anilines is 2. The van der Waals surface area contributed by atoms with Gasteiger partial charge < -0.3 is 24.3 Å². The molecule has 2 aliphatic rings. The molecule has 10 nitrogen and oxygen atoms in total. The van der Waals surface area contributed by atoms with Crippen molar-refractivity contribution in [3.05, 3.63) is 48.1 Å². The third-order valence-electron chi connectivity index (χ3n) is 6.30. The number of carbonyl (C=O) groups is 2. The van der Waals surface area contributed by atoms with Crippen LogP contribution in [0, 0.1) is 5.82 Å². The fourth-order valence-corrected chi connectivity index (χ4v) is 4.49. The summed E-state index contributed by atoms with van der Waals surface area (Å²) in [5.74, 6) is -0.929.